The number of carbonyl (C=O) groups excluding carboxylic acids is 2. The van der Waals surface area contributed by atoms with Crippen LogP contribution in [0.2, 0.25) is 0 Å². The smallest absolute Gasteiger partial charge is 0.308 e. The fourth-order valence-electron chi connectivity index (χ4n) is 5.52. The number of esters is 2. The van der Waals surface area contributed by atoms with E-state index in [2.05, 4.69) is 17.8 Å². The molecule has 2 N–H and O–H groups in total. The number of nitrogens with zero attached hydrogens (tertiary/aromatic N) is 1. The van der Waals surface area contributed by atoms with Gasteiger partial charge in [0.2, 0.25) is 0 Å². The molecule has 10 nitrogen and oxygen atoms in total. The van der Waals surface area contributed by atoms with Gasteiger partial charge in [-0.3, -0.25) is 9.59 Å². The zero-order valence-electron chi connectivity index (χ0n) is 24.1. The molecule has 1 aromatic carbocycles. The second-order valence-corrected chi connectivity index (χ2v) is 11.3. The van der Waals surface area contributed by atoms with E-state index in [1.807, 2.05) is 26.0 Å². The quantitative estimate of drug-likeness (QED) is 0.171. The number of hydrogen-bond acceptors (Lipinski definition) is 9. The molecule has 226 valence electrons. The van der Waals surface area contributed by atoms with Crippen LogP contribution < -0.4 is 0 Å². The van der Waals surface area contributed by atoms with Crippen LogP contribution in [0.25, 0.3) is 0 Å². The lowest BCUT2D eigenvalue weighted by molar-refractivity contribution is -0.763. The van der Waals surface area contributed by atoms with Gasteiger partial charge in [0, 0.05) is 18.8 Å². The SMILES string of the molecule is CCC(C)C(=O)OC1CC(O)C=C2C=CC(C)C(CCC(O)CCCC(=O)OCc3ccc(CO[N+](=O)[O-])cc3)C21. The number of carbonyl (C=O) groups is 2. The van der Waals surface area contributed by atoms with E-state index in [1.54, 1.807) is 24.3 Å². The first-order valence-electron chi connectivity index (χ1n) is 14.5. The summed E-state index contributed by atoms with van der Waals surface area (Å²) in [6.45, 7) is 5.89. The zero-order valence-corrected chi connectivity index (χ0v) is 24.1. The highest BCUT2D eigenvalue weighted by atomic mass is 16.9. The van der Waals surface area contributed by atoms with E-state index in [0.717, 1.165) is 17.6 Å². The van der Waals surface area contributed by atoms with Gasteiger partial charge in [-0.15, -0.1) is 10.1 Å². The first kappa shape index (κ1) is 32.3. The average molecular weight is 574 g/mol. The van der Waals surface area contributed by atoms with Crippen LogP contribution in [0.3, 0.4) is 0 Å². The monoisotopic (exact) mass is 573 g/mol. The molecule has 0 bridgehead atoms. The van der Waals surface area contributed by atoms with Crippen molar-refractivity contribution in [2.45, 2.75) is 97.2 Å². The number of ether oxygens (including phenoxy) is 2. The van der Waals surface area contributed by atoms with E-state index in [9.17, 15) is 29.9 Å². The van der Waals surface area contributed by atoms with Crippen molar-refractivity contribution >= 4 is 11.9 Å². The van der Waals surface area contributed by atoms with Crippen molar-refractivity contribution in [3.63, 3.8) is 0 Å². The highest BCUT2D eigenvalue weighted by Crippen LogP contribution is 2.44. The van der Waals surface area contributed by atoms with Crippen LogP contribution in [-0.2, 0) is 37.1 Å². The van der Waals surface area contributed by atoms with Crippen LogP contribution in [0.4, 0.5) is 0 Å². The van der Waals surface area contributed by atoms with Crippen molar-refractivity contribution in [1.82, 2.24) is 0 Å². The van der Waals surface area contributed by atoms with E-state index in [1.165, 1.54) is 0 Å². The standard InChI is InChI=1S/C31H43NO9/c1-4-20(2)31(36)41-28-17-26(34)16-24-13-8-21(3)27(30(24)28)15-14-25(33)6-5-7-29(35)39-18-22-9-11-23(12-10-22)19-40-32(37)38/h8-13,16,20-21,25-28,30,33-34H,4-7,14-15,17-19H2,1-3H3. The molecule has 2 aliphatic carbocycles. The Balaban J connectivity index is 1.43. The third-order valence-corrected chi connectivity index (χ3v) is 8.17. The van der Waals surface area contributed by atoms with Gasteiger partial charge in [0.05, 0.1) is 18.1 Å². The molecular formula is C31H43NO9. The maximum absolute atomic E-state index is 12.6. The van der Waals surface area contributed by atoms with Gasteiger partial charge in [-0.2, -0.15) is 0 Å². The molecule has 10 heteroatoms. The minimum Gasteiger partial charge on any atom is -0.461 e. The van der Waals surface area contributed by atoms with Crippen molar-refractivity contribution in [2.75, 3.05) is 0 Å². The van der Waals surface area contributed by atoms with Gasteiger partial charge in [0.15, 0.2) is 0 Å². The molecular weight excluding hydrogens is 530 g/mol. The molecule has 0 spiro atoms. The van der Waals surface area contributed by atoms with Crippen molar-refractivity contribution in [1.29, 1.82) is 0 Å². The fraction of sp³-hybridized carbons (Fsp3) is 0.613. The Bertz CT molecular complexity index is 1080. The summed E-state index contributed by atoms with van der Waals surface area (Å²) in [4.78, 5) is 39.4. The summed E-state index contributed by atoms with van der Waals surface area (Å²) in [5.41, 5.74) is 2.39. The summed E-state index contributed by atoms with van der Waals surface area (Å²) in [5.74, 6) is -0.431. The normalized spacial score (nSPS) is 24.9. The van der Waals surface area contributed by atoms with Crippen LogP contribution in [0.5, 0.6) is 0 Å². The molecule has 2 aliphatic rings. The second-order valence-electron chi connectivity index (χ2n) is 11.3. The lowest BCUT2D eigenvalue weighted by atomic mass is 9.66. The minimum absolute atomic E-state index is 0.0248. The number of hydrogen-bond donors (Lipinski definition) is 2. The number of benzene rings is 1. The van der Waals surface area contributed by atoms with E-state index in [0.29, 0.717) is 37.7 Å². The Hall–Kier alpha value is -3.24. The number of aliphatic hydroxyl groups is 2. The van der Waals surface area contributed by atoms with E-state index in [4.69, 9.17) is 9.47 Å². The van der Waals surface area contributed by atoms with Crippen LogP contribution in [0.1, 0.15) is 76.8 Å². The predicted molar refractivity (Wildman–Crippen MR) is 150 cm³/mol. The highest BCUT2D eigenvalue weighted by molar-refractivity contribution is 5.72. The Morgan fingerprint density at radius 2 is 1.83 bits per heavy atom. The molecule has 0 saturated carbocycles. The van der Waals surface area contributed by atoms with Crippen molar-refractivity contribution in [3.05, 3.63) is 69.3 Å². The Labute approximate surface area is 241 Å². The molecule has 0 aliphatic heterocycles. The molecule has 0 radical (unpaired) electrons. The molecule has 0 saturated heterocycles. The number of rotatable bonds is 15. The third kappa shape index (κ3) is 9.97. The molecule has 3 rings (SSSR count). The average Bonchev–Trinajstić information content (AvgIpc) is 2.94. The third-order valence-electron chi connectivity index (χ3n) is 8.17. The molecule has 7 unspecified atom stereocenters. The summed E-state index contributed by atoms with van der Waals surface area (Å²) in [5, 5.41) is 30.5. The number of aliphatic hydroxyl groups excluding tert-OH is 2. The number of allylic oxidation sites excluding steroid dienone is 2. The lowest BCUT2D eigenvalue weighted by Gasteiger charge is -2.43. The molecule has 7 atom stereocenters. The van der Waals surface area contributed by atoms with Gasteiger partial charge in [-0.25, -0.2) is 0 Å². The second kappa shape index (κ2) is 15.7. The molecule has 0 amide bonds. The molecule has 0 aromatic heterocycles. The van der Waals surface area contributed by atoms with Crippen LogP contribution in [0.15, 0.2) is 48.1 Å². The van der Waals surface area contributed by atoms with E-state index < -0.39 is 23.4 Å². The van der Waals surface area contributed by atoms with Gasteiger partial charge < -0.3 is 24.5 Å². The van der Waals surface area contributed by atoms with Crippen LogP contribution in [0, 0.1) is 33.8 Å². The van der Waals surface area contributed by atoms with Crippen molar-refractivity contribution < 1.29 is 39.2 Å². The van der Waals surface area contributed by atoms with Gasteiger partial charge in [0.1, 0.15) is 19.3 Å². The van der Waals surface area contributed by atoms with Crippen molar-refractivity contribution in [3.8, 4) is 0 Å². The largest absolute Gasteiger partial charge is 0.461 e. The maximum Gasteiger partial charge on any atom is 0.308 e. The summed E-state index contributed by atoms with van der Waals surface area (Å²) in [6, 6.07) is 6.80. The van der Waals surface area contributed by atoms with Gasteiger partial charge in [-0.05, 0) is 60.6 Å². The van der Waals surface area contributed by atoms with Crippen LogP contribution >= 0.6 is 0 Å². The first-order valence-corrected chi connectivity index (χ1v) is 14.5. The maximum atomic E-state index is 12.6. The first-order chi connectivity index (χ1) is 19.6. The highest BCUT2D eigenvalue weighted by Gasteiger charge is 2.42. The van der Waals surface area contributed by atoms with Crippen LogP contribution in [-0.4, -0.2) is 45.6 Å². The lowest BCUT2D eigenvalue weighted by Crippen LogP contribution is -2.43. The topological polar surface area (TPSA) is 145 Å². The fourth-order valence-corrected chi connectivity index (χ4v) is 5.52. The Kier molecular flexibility index (Phi) is 12.3. The van der Waals surface area contributed by atoms with E-state index >= 15 is 0 Å². The Morgan fingerprint density at radius 3 is 2.49 bits per heavy atom. The summed E-state index contributed by atoms with van der Waals surface area (Å²) >= 11 is 0. The zero-order chi connectivity index (χ0) is 29.9. The van der Waals surface area contributed by atoms with Gasteiger partial charge in [-0.1, -0.05) is 63.3 Å². The summed E-state index contributed by atoms with van der Waals surface area (Å²) in [7, 11) is 0. The Morgan fingerprint density at radius 1 is 1.15 bits per heavy atom. The minimum atomic E-state index is -0.847. The van der Waals surface area contributed by atoms with Gasteiger partial charge >= 0.3 is 11.9 Å². The van der Waals surface area contributed by atoms with E-state index in [-0.39, 0.29) is 55.2 Å². The predicted octanol–water partition coefficient (Wildman–Crippen LogP) is 4.84. The molecule has 0 fully saturated rings. The molecule has 41 heavy (non-hydrogen) atoms. The van der Waals surface area contributed by atoms with Crippen molar-refractivity contribution in [2.24, 2.45) is 23.7 Å². The van der Waals surface area contributed by atoms with Gasteiger partial charge in [0.25, 0.3) is 5.09 Å². The summed E-state index contributed by atoms with van der Waals surface area (Å²) < 4.78 is 11.2. The number of fused-ring (bicyclic) bond motifs is 1. The molecule has 0 heterocycles. The molecule has 1 aromatic rings. The summed E-state index contributed by atoms with van der Waals surface area (Å²) in [6.07, 6.45) is 7.88.